The number of imidazole rings is 1. The summed E-state index contributed by atoms with van der Waals surface area (Å²) >= 11 is 0. The monoisotopic (exact) mass is 410 g/mol. The molecule has 0 aliphatic heterocycles. The molecule has 6 heteroatoms. The lowest BCUT2D eigenvalue weighted by molar-refractivity contribution is 0.482. The van der Waals surface area contributed by atoms with Gasteiger partial charge in [-0.15, -0.1) is 0 Å². The zero-order valence-electron chi connectivity index (χ0n) is 17.8. The minimum Gasteiger partial charge on any atom is -0.336 e. The molecule has 4 aromatic rings. The molecule has 2 aliphatic carbocycles. The third-order valence-corrected chi connectivity index (χ3v) is 6.74. The molecule has 0 saturated heterocycles. The summed E-state index contributed by atoms with van der Waals surface area (Å²) in [6, 6.07) is 11.2. The smallest absolute Gasteiger partial charge is 0.115 e. The van der Waals surface area contributed by atoms with Crippen LogP contribution in [0.5, 0.6) is 0 Å². The molecule has 0 amide bonds. The molecule has 0 bridgehead atoms. The number of aromatic nitrogens is 6. The number of H-pyrrole nitrogens is 1. The molecule has 31 heavy (non-hydrogen) atoms. The summed E-state index contributed by atoms with van der Waals surface area (Å²) in [4.78, 5) is 9.21. The molecule has 3 aromatic heterocycles. The van der Waals surface area contributed by atoms with Crippen LogP contribution in [-0.2, 0) is 13.0 Å². The first-order valence-electron chi connectivity index (χ1n) is 11.2. The number of aromatic amines is 1. The highest BCUT2D eigenvalue weighted by Gasteiger charge is 2.27. The summed E-state index contributed by atoms with van der Waals surface area (Å²) in [6.07, 6.45) is 12.3. The maximum atomic E-state index is 4.67. The Morgan fingerprint density at radius 2 is 1.97 bits per heavy atom. The number of nitrogens with one attached hydrogen (secondary N) is 1. The van der Waals surface area contributed by atoms with Gasteiger partial charge in [0.2, 0.25) is 0 Å². The van der Waals surface area contributed by atoms with Crippen LogP contribution in [0, 0.1) is 6.92 Å². The first-order valence-corrected chi connectivity index (χ1v) is 11.2. The Labute approximate surface area is 181 Å². The van der Waals surface area contributed by atoms with Crippen molar-refractivity contribution in [2.75, 3.05) is 0 Å². The van der Waals surface area contributed by atoms with Gasteiger partial charge in [-0.05, 0) is 73.8 Å². The summed E-state index contributed by atoms with van der Waals surface area (Å²) in [6.45, 7) is 2.92. The fourth-order valence-electron chi connectivity index (χ4n) is 4.90. The molecule has 2 aliphatic rings. The fourth-order valence-corrected chi connectivity index (χ4v) is 4.90. The van der Waals surface area contributed by atoms with Gasteiger partial charge in [0.1, 0.15) is 11.4 Å². The Morgan fingerprint density at radius 3 is 2.81 bits per heavy atom. The van der Waals surface area contributed by atoms with Gasteiger partial charge in [-0.25, -0.2) is 4.98 Å². The second-order valence-corrected chi connectivity index (χ2v) is 8.96. The topological polar surface area (TPSA) is 72.3 Å². The standard InChI is InChI=1S/C25H26N6/c1-16-25(29-30-28-16)20-9-10-26-23(12-20)24-14-31(15-27-24)13-21-4-2-3-18-7-8-19(11-22(18)21)17-5-6-17/h7-12,14-15,17,21H,2-6,13H2,1H3,(H,28,29,30)/t21-/m1/s1. The average Bonchev–Trinajstić information content (AvgIpc) is 3.40. The number of hydrogen-bond donors (Lipinski definition) is 1. The van der Waals surface area contributed by atoms with Crippen LogP contribution in [0.3, 0.4) is 0 Å². The minimum atomic E-state index is 0.557. The molecule has 6 rings (SSSR count). The van der Waals surface area contributed by atoms with Gasteiger partial charge in [0, 0.05) is 30.4 Å². The van der Waals surface area contributed by atoms with E-state index in [0.29, 0.717) is 5.92 Å². The number of rotatable bonds is 5. The molecule has 1 saturated carbocycles. The molecule has 1 fully saturated rings. The molecular weight excluding hydrogens is 384 g/mol. The quantitative estimate of drug-likeness (QED) is 0.500. The van der Waals surface area contributed by atoms with Crippen molar-refractivity contribution >= 4 is 0 Å². The lowest BCUT2D eigenvalue weighted by Gasteiger charge is -2.26. The van der Waals surface area contributed by atoms with Gasteiger partial charge >= 0.3 is 0 Å². The summed E-state index contributed by atoms with van der Waals surface area (Å²) in [5.74, 6) is 1.36. The fraction of sp³-hybridized carbons (Fsp3) is 0.360. The van der Waals surface area contributed by atoms with Crippen LogP contribution in [0.1, 0.15) is 59.9 Å². The number of fused-ring (bicyclic) bond motifs is 1. The zero-order chi connectivity index (χ0) is 20.8. The van der Waals surface area contributed by atoms with Gasteiger partial charge < -0.3 is 4.57 Å². The predicted molar refractivity (Wildman–Crippen MR) is 120 cm³/mol. The van der Waals surface area contributed by atoms with Crippen molar-refractivity contribution in [1.29, 1.82) is 0 Å². The van der Waals surface area contributed by atoms with Crippen LogP contribution in [0.4, 0.5) is 0 Å². The molecule has 0 spiro atoms. The van der Waals surface area contributed by atoms with E-state index in [4.69, 9.17) is 0 Å². The molecule has 1 atom stereocenters. The summed E-state index contributed by atoms with van der Waals surface area (Å²) in [5, 5.41) is 11.1. The molecule has 1 N–H and O–H groups in total. The Bertz CT molecular complexity index is 1230. The van der Waals surface area contributed by atoms with E-state index in [2.05, 4.69) is 54.3 Å². The van der Waals surface area contributed by atoms with Gasteiger partial charge in [0.05, 0.1) is 17.7 Å². The van der Waals surface area contributed by atoms with E-state index in [1.165, 1.54) is 32.1 Å². The van der Waals surface area contributed by atoms with Crippen LogP contribution in [-0.4, -0.2) is 29.9 Å². The second kappa shape index (κ2) is 7.45. The third kappa shape index (κ3) is 3.56. The Kier molecular flexibility index (Phi) is 4.44. The molecule has 0 unspecified atom stereocenters. The summed E-state index contributed by atoms with van der Waals surface area (Å²) < 4.78 is 2.23. The number of benzene rings is 1. The van der Waals surface area contributed by atoms with Crippen LogP contribution in [0.2, 0.25) is 0 Å². The summed E-state index contributed by atoms with van der Waals surface area (Å²) in [7, 11) is 0. The van der Waals surface area contributed by atoms with Gasteiger partial charge in [-0.1, -0.05) is 18.2 Å². The number of pyridine rings is 1. The van der Waals surface area contributed by atoms with E-state index >= 15 is 0 Å². The Hall–Kier alpha value is -3.28. The molecular formula is C25H26N6. The van der Waals surface area contributed by atoms with Crippen LogP contribution < -0.4 is 0 Å². The molecule has 156 valence electrons. The van der Waals surface area contributed by atoms with E-state index in [9.17, 15) is 0 Å². The maximum Gasteiger partial charge on any atom is 0.115 e. The molecule has 6 nitrogen and oxygen atoms in total. The van der Waals surface area contributed by atoms with E-state index in [1.54, 1.807) is 16.7 Å². The first kappa shape index (κ1) is 18.5. The van der Waals surface area contributed by atoms with Crippen molar-refractivity contribution < 1.29 is 0 Å². The highest BCUT2D eigenvalue weighted by atomic mass is 15.3. The van der Waals surface area contributed by atoms with E-state index in [-0.39, 0.29) is 0 Å². The van der Waals surface area contributed by atoms with Crippen molar-refractivity contribution in [1.82, 2.24) is 29.9 Å². The van der Waals surface area contributed by atoms with Crippen LogP contribution in [0.25, 0.3) is 22.6 Å². The van der Waals surface area contributed by atoms with Crippen molar-refractivity contribution in [2.45, 2.75) is 57.4 Å². The van der Waals surface area contributed by atoms with E-state index < -0.39 is 0 Å². The average molecular weight is 411 g/mol. The Morgan fingerprint density at radius 1 is 1.03 bits per heavy atom. The highest BCUT2D eigenvalue weighted by molar-refractivity contribution is 5.67. The second-order valence-electron chi connectivity index (χ2n) is 8.96. The van der Waals surface area contributed by atoms with Gasteiger partial charge in [0.25, 0.3) is 0 Å². The van der Waals surface area contributed by atoms with Crippen LogP contribution in [0.15, 0.2) is 49.1 Å². The van der Waals surface area contributed by atoms with Crippen LogP contribution >= 0.6 is 0 Å². The largest absolute Gasteiger partial charge is 0.336 e. The first-order chi connectivity index (χ1) is 15.2. The number of hydrogen-bond acceptors (Lipinski definition) is 4. The van der Waals surface area contributed by atoms with Crippen molar-refractivity contribution in [3.63, 3.8) is 0 Å². The minimum absolute atomic E-state index is 0.557. The lowest BCUT2D eigenvalue weighted by Crippen LogP contribution is -2.15. The number of aryl methyl sites for hydroxylation is 2. The van der Waals surface area contributed by atoms with Crippen molar-refractivity contribution in [3.05, 3.63) is 71.4 Å². The number of nitrogens with zero attached hydrogens (tertiary/aromatic N) is 5. The molecule has 0 radical (unpaired) electrons. The van der Waals surface area contributed by atoms with Gasteiger partial charge in [-0.2, -0.15) is 15.4 Å². The van der Waals surface area contributed by atoms with Gasteiger partial charge in [0.15, 0.2) is 0 Å². The summed E-state index contributed by atoms with van der Waals surface area (Å²) in [5.41, 5.74) is 9.13. The highest BCUT2D eigenvalue weighted by Crippen LogP contribution is 2.43. The normalized spacial score (nSPS) is 18.2. The van der Waals surface area contributed by atoms with E-state index in [0.717, 1.165) is 40.8 Å². The maximum absolute atomic E-state index is 4.67. The third-order valence-electron chi connectivity index (χ3n) is 6.74. The predicted octanol–water partition coefficient (Wildman–Crippen LogP) is 5.04. The lowest BCUT2D eigenvalue weighted by atomic mass is 9.81. The van der Waals surface area contributed by atoms with Gasteiger partial charge in [-0.3, -0.25) is 4.98 Å². The Balaban J connectivity index is 1.25. The SMILES string of the molecule is Cc1n[nH]nc1-c1ccnc(-c2cn(C[C@H]3CCCc4ccc(C5CC5)cc43)cn2)c1. The molecule has 3 heterocycles. The van der Waals surface area contributed by atoms with E-state index in [1.807, 2.05) is 31.6 Å². The zero-order valence-corrected chi connectivity index (χ0v) is 17.8. The van der Waals surface area contributed by atoms with Crippen molar-refractivity contribution in [3.8, 4) is 22.6 Å². The van der Waals surface area contributed by atoms with Crippen molar-refractivity contribution in [2.24, 2.45) is 0 Å². The molecule has 1 aromatic carbocycles.